The molecule has 48 valence electrons. The highest BCUT2D eigenvalue weighted by Crippen LogP contribution is 2.18. The fourth-order valence-electron chi connectivity index (χ4n) is 0.171. The van der Waals surface area contributed by atoms with E-state index in [0.717, 1.165) is 6.92 Å². The Morgan fingerprint density at radius 2 is 2.12 bits per heavy atom. The van der Waals surface area contributed by atoms with Crippen LogP contribution in [0.5, 0.6) is 0 Å². The van der Waals surface area contributed by atoms with Crippen LogP contribution >= 0.6 is 0 Å². The molecule has 1 N–H and O–H groups in total. The van der Waals surface area contributed by atoms with E-state index in [1.54, 1.807) is 0 Å². The van der Waals surface area contributed by atoms with E-state index in [4.69, 9.17) is 5.11 Å². The topological polar surface area (TPSA) is 20.2 Å². The SMILES string of the molecule is C=CC(F)(F)C(C)O. The quantitative estimate of drug-likeness (QED) is 0.545. The molecule has 0 saturated carbocycles. The van der Waals surface area contributed by atoms with E-state index in [2.05, 4.69) is 6.58 Å². The minimum Gasteiger partial charge on any atom is -0.387 e. The Balaban J connectivity index is 3.90. The highest BCUT2D eigenvalue weighted by Gasteiger charge is 2.30. The maximum atomic E-state index is 11.9. The van der Waals surface area contributed by atoms with Gasteiger partial charge in [0.1, 0.15) is 6.10 Å². The molecule has 0 aliphatic rings. The average Bonchev–Trinajstić information content (AvgIpc) is 1.67. The summed E-state index contributed by atoms with van der Waals surface area (Å²) in [7, 11) is 0. The lowest BCUT2D eigenvalue weighted by Gasteiger charge is -2.12. The predicted octanol–water partition coefficient (Wildman–Crippen LogP) is 1.19. The molecule has 3 heteroatoms. The van der Waals surface area contributed by atoms with E-state index in [0.29, 0.717) is 6.08 Å². The van der Waals surface area contributed by atoms with Crippen LogP contribution < -0.4 is 0 Å². The van der Waals surface area contributed by atoms with Gasteiger partial charge < -0.3 is 5.11 Å². The minimum absolute atomic E-state index is 0.428. The van der Waals surface area contributed by atoms with Gasteiger partial charge in [-0.1, -0.05) is 6.58 Å². The third kappa shape index (κ3) is 1.58. The van der Waals surface area contributed by atoms with Gasteiger partial charge in [0, 0.05) is 0 Å². The molecule has 0 bridgehead atoms. The molecule has 0 fully saturated rings. The molecule has 1 unspecified atom stereocenters. The summed E-state index contributed by atoms with van der Waals surface area (Å²) < 4.78 is 23.8. The molecule has 0 spiro atoms. The van der Waals surface area contributed by atoms with E-state index < -0.39 is 12.0 Å². The summed E-state index contributed by atoms with van der Waals surface area (Å²) in [6.45, 7) is 3.86. The Morgan fingerprint density at radius 1 is 1.75 bits per heavy atom. The van der Waals surface area contributed by atoms with E-state index in [1.807, 2.05) is 0 Å². The normalized spacial score (nSPS) is 15.5. The fraction of sp³-hybridized carbons (Fsp3) is 0.600. The number of hydrogen-bond donors (Lipinski definition) is 1. The summed E-state index contributed by atoms with van der Waals surface area (Å²) in [4.78, 5) is 0. The van der Waals surface area contributed by atoms with Crippen molar-refractivity contribution in [2.24, 2.45) is 0 Å². The standard InChI is InChI=1S/C5H8F2O/c1-3-5(6,7)4(2)8/h3-4,8H,1H2,2H3. The second kappa shape index (κ2) is 2.22. The molecule has 0 heterocycles. The van der Waals surface area contributed by atoms with Crippen LogP contribution in [-0.4, -0.2) is 17.1 Å². The van der Waals surface area contributed by atoms with Gasteiger partial charge in [0.25, 0.3) is 5.92 Å². The zero-order chi connectivity index (χ0) is 6.78. The van der Waals surface area contributed by atoms with Crippen molar-refractivity contribution >= 4 is 0 Å². The third-order valence-corrected chi connectivity index (χ3v) is 0.829. The van der Waals surface area contributed by atoms with Crippen molar-refractivity contribution in [3.05, 3.63) is 12.7 Å². The van der Waals surface area contributed by atoms with Crippen molar-refractivity contribution in [1.82, 2.24) is 0 Å². The van der Waals surface area contributed by atoms with Crippen LogP contribution in [-0.2, 0) is 0 Å². The molecule has 0 aromatic rings. The Morgan fingerprint density at radius 3 is 2.12 bits per heavy atom. The van der Waals surface area contributed by atoms with E-state index >= 15 is 0 Å². The zero-order valence-corrected chi connectivity index (χ0v) is 4.56. The summed E-state index contributed by atoms with van der Waals surface area (Å²) in [5.74, 6) is -3.14. The molecule has 0 rings (SSSR count). The molecule has 0 aliphatic carbocycles. The first-order valence-electron chi connectivity index (χ1n) is 2.20. The number of hydrogen-bond acceptors (Lipinski definition) is 1. The lowest BCUT2D eigenvalue weighted by molar-refractivity contribution is -0.0592. The van der Waals surface area contributed by atoms with Crippen molar-refractivity contribution < 1.29 is 13.9 Å². The van der Waals surface area contributed by atoms with Crippen LogP contribution in [0.1, 0.15) is 6.92 Å². The molecule has 0 aliphatic heterocycles. The zero-order valence-electron chi connectivity index (χ0n) is 4.56. The van der Waals surface area contributed by atoms with E-state index in [-0.39, 0.29) is 0 Å². The highest BCUT2D eigenvalue weighted by molar-refractivity contribution is 4.90. The van der Waals surface area contributed by atoms with Crippen LogP contribution in [0.4, 0.5) is 8.78 Å². The van der Waals surface area contributed by atoms with Crippen LogP contribution in [0.25, 0.3) is 0 Å². The van der Waals surface area contributed by atoms with Crippen molar-refractivity contribution in [2.75, 3.05) is 0 Å². The van der Waals surface area contributed by atoms with Crippen molar-refractivity contribution in [2.45, 2.75) is 19.0 Å². The molecule has 0 radical (unpaired) electrons. The molecule has 1 atom stereocenters. The van der Waals surface area contributed by atoms with Gasteiger partial charge in [-0.05, 0) is 13.0 Å². The Bertz CT molecular complexity index is 88.4. The van der Waals surface area contributed by atoms with E-state index in [9.17, 15) is 8.78 Å². The minimum atomic E-state index is -3.14. The lowest BCUT2D eigenvalue weighted by atomic mass is 10.2. The lowest BCUT2D eigenvalue weighted by Crippen LogP contribution is -2.27. The van der Waals surface area contributed by atoms with Gasteiger partial charge in [-0.2, -0.15) is 8.78 Å². The summed E-state index contributed by atoms with van der Waals surface area (Å²) in [6.07, 6.45) is -1.21. The second-order valence-corrected chi connectivity index (χ2v) is 1.55. The molecule has 0 amide bonds. The average molecular weight is 122 g/mol. The van der Waals surface area contributed by atoms with E-state index in [1.165, 1.54) is 0 Å². The molecule has 8 heavy (non-hydrogen) atoms. The van der Waals surface area contributed by atoms with Gasteiger partial charge in [-0.3, -0.25) is 0 Å². The van der Waals surface area contributed by atoms with Gasteiger partial charge in [-0.25, -0.2) is 0 Å². The number of rotatable bonds is 2. The summed E-state index contributed by atoms with van der Waals surface area (Å²) >= 11 is 0. The number of alkyl halides is 2. The van der Waals surface area contributed by atoms with Crippen LogP contribution in [0, 0.1) is 0 Å². The number of aliphatic hydroxyl groups is 1. The molecule has 0 saturated heterocycles. The highest BCUT2D eigenvalue weighted by atomic mass is 19.3. The second-order valence-electron chi connectivity index (χ2n) is 1.55. The molecular formula is C5H8F2O. The van der Waals surface area contributed by atoms with Gasteiger partial charge in [0.15, 0.2) is 0 Å². The number of halogens is 2. The van der Waals surface area contributed by atoms with Crippen molar-refractivity contribution in [1.29, 1.82) is 0 Å². The van der Waals surface area contributed by atoms with Gasteiger partial charge >= 0.3 is 0 Å². The molecule has 0 aromatic heterocycles. The summed E-state index contributed by atoms with van der Waals surface area (Å²) in [5, 5.41) is 8.26. The first-order valence-corrected chi connectivity index (χ1v) is 2.20. The Hall–Kier alpha value is -0.440. The maximum absolute atomic E-state index is 11.9. The molecule has 0 aromatic carbocycles. The first kappa shape index (κ1) is 7.56. The largest absolute Gasteiger partial charge is 0.387 e. The van der Waals surface area contributed by atoms with Gasteiger partial charge in [0.2, 0.25) is 0 Å². The third-order valence-electron chi connectivity index (χ3n) is 0.829. The summed E-state index contributed by atoms with van der Waals surface area (Å²) in [6, 6.07) is 0. The van der Waals surface area contributed by atoms with Crippen LogP contribution in [0.2, 0.25) is 0 Å². The van der Waals surface area contributed by atoms with Gasteiger partial charge in [0.05, 0.1) is 0 Å². The number of aliphatic hydroxyl groups excluding tert-OH is 1. The Kier molecular flexibility index (Phi) is 2.10. The monoisotopic (exact) mass is 122 g/mol. The maximum Gasteiger partial charge on any atom is 0.291 e. The van der Waals surface area contributed by atoms with Crippen LogP contribution in [0.15, 0.2) is 12.7 Å². The van der Waals surface area contributed by atoms with Crippen LogP contribution in [0.3, 0.4) is 0 Å². The predicted molar refractivity (Wildman–Crippen MR) is 26.8 cm³/mol. The smallest absolute Gasteiger partial charge is 0.291 e. The molecular weight excluding hydrogens is 114 g/mol. The van der Waals surface area contributed by atoms with Crippen molar-refractivity contribution in [3.8, 4) is 0 Å². The van der Waals surface area contributed by atoms with Gasteiger partial charge in [-0.15, -0.1) is 0 Å². The fourth-order valence-corrected chi connectivity index (χ4v) is 0.171. The molecule has 1 nitrogen and oxygen atoms in total. The van der Waals surface area contributed by atoms with Crippen molar-refractivity contribution in [3.63, 3.8) is 0 Å². The summed E-state index contributed by atoms with van der Waals surface area (Å²) in [5.41, 5.74) is 0. The Labute approximate surface area is 46.6 Å². The first-order chi connectivity index (χ1) is 3.50.